The lowest BCUT2D eigenvalue weighted by Gasteiger charge is -2.34. The fourth-order valence-corrected chi connectivity index (χ4v) is 4.55. The number of rotatable bonds is 4. The van der Waals surface area contributed by atoms with Crippen molar-refractivity contribution in [1.29, 1.82) is 0 Å². The minimum Gasteiger partial charge on any atom is -0.481 e. The summed E-state index contributed by atoms with van der Waals surface area (Å²) < 4.78 is 26.3. The van der Waals surface area contributed by atoms with Gasteiger partial charge in [0.15, 0.2) is 0 Å². The molecule has 0 amide bonds. The van der Waals surface area contributed by atoms with Crippen LogP contribution < -0.4 is 0 Å². The van der Waals surface area contributed by atoms with E-state index in [1.807, 2.05) is 19.9 Å². The molecule has 1 unspecified atom stereocenters. The van der Waals surface area contributed by atoms with Gasteiger partial charge in [-0.05, 0) is 24.3 Å². The number of hydrogen-bond donors (Lipinski definition) is 1. The number of carboxylic acids is 1. The Balaban J connectivity index is 3.30. The molecular formula is C14H23NO4S. The van der Waals surface area contributed by atoms with Crippen LogP contribution in [0.2, 0.25) is 0 Å². The molecule has 0 spiro atoms. The van der Waals surface area contributed by atoms with E-state index in [1.165, 1.54) is 18.4 Å². The topological polar surface area (TPSA) is 74.7 Å². The second-order valence-electron chi connectivity index (χ2n) is 6.14. The Hall–Kier alpha value is -1.14. The molecule has 5 nitrogen and oxygen atoms in total. The highest BCUT2D eigenvalue weighted by atomic mass is 32.2. The summed E-state index contributed by atoms with van der Waals surface area (Å²) in [5.74, 6) is -0.910. The number of carbonyl (C=O) groups is 1. The number of nitrogens with zero attached hydrogens (tertiary/aromatic N) is 1. The average Bonchev–Trinajstić information content (AvgIpc) is 2.34. The van der Waals surface area contributed by atoms with Crippen LogP contribution in [0, 0.1) is 5.41 Å². The first-order valence-electron chi connectivity index (χ1n) is 6.49. The lowest BCUT2D eigenvalue weighted by molar-refractivity contribution is -0.136. The molecule has 114 valence electrons. The molecule has 0 aromatic heterocycles. The zero-order chi connectivity index (χ0) is 15.7. The van der Waals surface area contributed by atoms with Crippen LogP contribution in [0.4, 0.5) is 0 Å². The molecule has 0 aromatic carbocycles. The van der Waals surface area contributed by atoms with Gasteiger partial charge < -0.3 is 5.11 Å². The predicted molar refractivity (Wildman–Crippen MR) is 78.9 cm³/mol. The van der Waals surface area contributed by atoms with Crippen LogP contribution in [0.5, 0.6) is 0 Å². The molecule has 1 aliphatic carbocycles. The summed E-state index contributed by atoms with van der Waals surface area (Å²) >= 11 is 0. The van der Waals surface area contributed by atoms with E-state index < -0.39 is 26.7 Å². The van der Waals surface area contributed by atoms with Gasteiger partial charge in [-0.3, -0.25) is 4.79 Å². The Kier molecular flexibility index (Phi) is 4.82. The van der Waals surface area contributed by atoms with Crippen LogP contribution in [-0.2, 0) is 14.8 Å². The summed E-state index contributed by atoms with van der Waals surface area (Å²) in [5.41, 5.74) is 0.873. The number of carboxylic acid groups (broad SMARTS) is 1. The number of hydrogen-bond acceptors (Lipinski definition) is 3. The molecule has 0 bridgehead atoms. The van der Waals surface area contributed by atoms with Crippen LogP contribution >= 0.6 is 0 Å². The smallest absolute Gasteiger partial charge is 0.307 e. The zero-order valence-electron chi connectivity index (χ0n) is 12.7. The van der Waals surface area contributed by atoms with Gasteiger partial charge in [-0.2, -0.15) is 0 Å². The molecule has 0 fully saturated rings. The van der Waals surface area contributed by atoms with E-state index in [-0.39, 0.29) is 6.42 Å². The summed E-state index contributed by atoms with van der Waals surface area (Å²) in [6, 6.07) is 0. The molecule has 20 heavy (non-hydrogen) atoms. The fraction of sp³-hybridized carbons (Fsp3) is 0.643. The second-order valence-corrected chi connectivity index (χ2v) is 8.37. The summed E-state index contributed by atoms with van der Waals surface area (Å²) in [6.45, 7) is 5.56. The first kappa shape index (κ1) is 16.9. The van der Waals surface area contributed by atoms with E-state index in [1.54, 1.807) is 13.0 Å². The Morgan fingerprint density at radius 1 is 1.45 bits per heavy atom. The second kappa shape index (κ2) is 5.69. The van der Waals surface area contributed by atoms with E-state index in [9.17, 15) is 13.2 Å². The molecule has 0 aromatic rings. The molecule has 0 radical (unpaired) electrons. The Bertz CT molecular complexity index is 556. The van der Waals surface area contributed by atoms with Gasteiger partial charge in [-0.15, -0.1) is 0 Å². The highest BCUT2D eigenvalue weighted by molar-refractivity contribution is 7.89. The highest BCUT2D eigenvalue weighted by Crippen LogP contribution is 2.39. The van der Waals surface area contributed by atoms with Crippen LogP contribution in [0.15, 0.2) is 23.3 Å². The molecule has 1 rings (SSSR count). The maximum atomic E-state index is 12.5. The van der Waals surface area contributed by atoms with Crippen LogP contribution in [-0.4, -0.2) is 43.1 Å². The maximum Gasteiger partial charge on any atom is 0.307 e. The normalized spacial score (nSPS) is 23.0. The fourth-order valence-electron chi connectivity index (χ4n) is 2.69. The van der Waals surface area contributed by atoms with E-state index >= 15 is 0 Å². The average molecular weight is 301 g/mol. The minimum atomic E-state index is -3.45. The number of sulfonamides is 1. The summed E-state index contributed by atoms with van der Waals surface area (Å²) in [4.78, 5) is 10.8. The quantitative estimate of drug-likeness (QED) is 0.862. The van der Waals surface area contributed by atoms with Gasteiger partial charge in [-0.25, -0.2) is 12.7 Å². The van der Waals surface area contributed by atoms with Gasteiger partial charge in [0.25, 0.3) is 0 Å². The molecule has 0 heterocycles. The first-order valence-corrected chi connectivity index (χ1v) is 7.99. The van der Waals surface area contributed by atoms with Gasteiger partial charge >= 0.3 is 5.97 Å². The van der Waals surface area contributed by atoms with Gasteiger partial charge in [0.05, 0.1) is 6.42 Å². The minimum absolute atomic E-state index is 0.0812. The van der Waals surface area contributed by atoms with Crippen molar-refractivity contribution in [3.63, 3.8) is 0 Å². The monoisotopic (exact) mass is 301 g/mol. The molecule has 1 atom stereocenters. The Labute approximate surface area is 121 Å². The maximum absolute atomic E-state index is 12.5. The van der Waals surface area contributed by atoms with Gasteiger partial charge in [0, 0.05) is 14.1 Å². The molecule has 0 saturated heterocycles. The lowest BCUT2D eigenvalue weighted by Crippen LogP contribution is -2.43. The lowest BCUT2D eigenvalue weighted by atomic mass is 9.83. The van der Waals surface area contributed by atoms with Crippen molar-refractivity contribution in [3.05, 3.63) is 23.3 Å². The number of allylic oxidation sites excluding steroid dienone is 2. The van der Waals surface area contributed by atoms with Crippen LogP contribution in [0.25, 0.3) is 0 Å². The van der Waals surface area contributed by atoms with E-state index in [2.05, 4.69) is 0 Å². The molecule has 0 saturated carbocycles. The highest BCUT2D eigenvalue weighted by Gasteiger charge is 2.42. The van der Waals surface area contributed by atoms with Crippen molar-refractivity contribution < 1.29 is 18.3 Å². The largest absolute Gasteiger partial charge is 0.481 e. The summed E-state index contributed by atoms with van der Waals surface area (Å²) in [6.07, 6.45) is 3.99. The first-order chi connectivity index (χ1) is 8.98. The molecule has 0 aliphatic heterocycles. The zero-order valence-corrected chi connectivity index (χ0v) is 13.5. The van der Waals surface area contributed by atoms with Crippen LogP contribution in [0.1, 0.15) is 33.6 Å². The Morgan fingerprint density at radius 3 is 2.45 bits per heavy atom. The SMILES string of the molecule is CC1=CC(CC(=O)O)=CCC(C)(C)C1S(=O)(=O)N(C)C. The van der Waals surface area contributed by atoms with Gasteiger partial charge in [0.2, 0.25) is 10.0 Å². The summed E-state index contributed by atoms with van der Waals surface area (Å²) in [5, 5.41) is 8.25. The third-order valence-electron chi connectivity index (χ3n) is 3.59. The van der Waals surface area contributed by atoms with Crippen molar-refractivity contribution in [2.45, 2.75) is 38.9 Å². The van der Waals surface area contributed by atoms with Crippen molar-refractivity contribution in [2.75, 3.05) is 14.1 Å². The third kappa shape index (κ3) is 3.49. The van der Waals surface area contributed by atoms with E-state index in [4.69, 9.17) is 5.11 Å². The van der Waals surface area contributed by atoms with Crippen LogP contribution in [0.3, 0.4) is 0 Å². The molecule has 1 aliphatic rings. The van der Waals surface area contributed by atoms with Gasteiger partial charge in [0.1, 0.15) is 5.25 Å². The molecular weight excluding hydrogens is 278 g/mol. The van der Waals surface area contributed by atoms with Crippen molar-refractivity contribution >= 4 is 16.0 Å². The van der Waals surface area contributed by atoms with E-state index in [0.717, 1.165) is 0 Å². The molecule has 6 heteroatoms. The molecule has 1 N–H and O–H groups in total. The van der Waals surface area contributed by atoms with Gasteiger partial charge in [-0.1, -0.05) is 31.6 Å². The van der Waals surface area contributed by atoms with Crippen molar-refractivity contribution in [1.82, 2.24) is 4.31 Å². The standard InChI is InChI=1S/C14H23NO4S/c1-10-8-11(9-12(16)17)6-7-14(2,3)13(10)20(18,19)15(4)5/h6,8,13H,7,9H2,1-5H3,(H,16,17). The number of aliphatic carboxylic acids is 1. The predicted octanol–water partition coefficient (Wildman–Crippen LogP) is 2.02. The third-order valence-corrected chi connectivity index (χ3v) is 6.21. The van der Waals surface area contributed by atoms with Crippen molar-refractivity contribution in [3.8, 4) is 0 Å². The van der Waals surface area contributed by atoms with Crippen molar-refractivity contribution in [2.24, 2.45) is 5.41 Å². The van der Waals surface area contributed by atoms with E-state index in [0.29, 0.717) is 17.6 Å². The Morgan fingerprint density at radius 2 is 2.00 bits per heavy atom. The summed E-state index contributed by atoms with van der Waals surface area (Å²) in [7, 11) is -0.402.